The molecule has 1 aromatic rings. The molecule has 8 heteroatoms. The average molecular weight is 295 g/mol. The lowest BCUT2D eigenvalue weighted by Crippen LogP contribution is -2.38. The van der Waals surface area contributed by atoms with E-state index in [0.717, 1.165) is 12.5 Å². The molecule has 1 atom stereocenters. The normalized spacial score (nSPS) is 11.5. The first-order valence-electron chi connectivity index (χ1n) is 6.43. The van der Waals surface area contributed by atoms with Crippen LogP contribution in [0.5, 0.6) is 0 Å². The molecule has 0 spiro atoms. The van der Waals surface area contributed by atoms with E-state index in [0.29, 0.717) is 6.54 Å². The molecule has 0 aliphatic heterocycles. The van der Waals surface area contributed by atoms with Crippen LogP contribution >= 0.6 is 0 Å². The Morgan fingerprint density at radius 2 is 2.10 bits per heavy atom. The second-order valence-corrected chi connectivity index (χ2v) is 4.42. The SMILES string of the molecule is CCCNC(=O)C(C)Nc1cccc(C(=O)O)c1[N+](=O)[O-]. The molecule has 114 valence electrons. The first-order chi connectivity index (χ1) is 9.88. The van der Waals surface area contributed by atoms with Crippen LogP contribution in [0.1, 0.15) is 30.6 Å². The highest BCUT2D eigenvalue weighted by molar-refractivity contribution is 5.96. The summed E-state index contributed by atoms with van der Waals surface area (Å²) in [5, 5.41) is 25.4. The summed E-state index contributed by atoms with van der Waals surface area (Å²) >= 11 is 0. The van der Waals surface area contributed by atoms with Crippen LogP contribution in [0.3, 0.4) is 0 Å². The molecule has 0 aromatic heterocycles. The summed E-state index contributed by atoms with van der Waals surface area (Å²) in [6, 6.07) is 3.18. The monoisotopic (exact) mass is 295 g/mol. The molecule has 0 heterocycles. The number of para-hydroxylation sites is 1. The third-order valence-electron chi connectivity index (χ3n) is 2.76. The fourth-order valence-electron chi connectivity index (χ4n) is 1.73. The van der Waals surface area contributed by atoms with Crippen molar-refractivity contribution in [3.63, 3.8) is 0 Å². The molecule has 0 fully saturated rings. The van der Waals surface area contributed by atoms with Crippen molar-refractivity contribution in [3.8, 4) is 0 Å². The summed E-state index contributed by atoms with van der Waals surface area (Å²) in [6.45, 7) is 3.95. The highest BCUT2D eigenvalue weighted by Crippen LogP contribution is 2.29. The maximum Gasteiger partial charge on any atom is 0.342 e. The first kappa shape index (κ1) is 16.4. The summed E-state index contributed by atoms with van der Waals surface area (Å²) in [4.78, 5) is 33.1. The van der Waals surface area contributed by atoms with Gasteiger partial charge in [-0.2, -0.15) is 0 Å². The van der Waals surface area contributed by atoms with Gasteiger partial charge in [0.1, 0.15) is 17.3 Å². The van der Waals surface area contributed by atoms with Gasteiger partial charge in [0.25, 0.3) is 0 Å². The molecule has 8 nitrogen and oxygen atoms in total. The fraction of sp³-hybridized carbons (Fsp3) is 0.385. The van der Waals surface area contributed by atoms with E-state index >= 15 is 0 Å². The predicted molar refractivity (Wildman–Crippen MR) is 76.4 cm³/mol. The third-order valence-corrected chi connectivity index (χ3v) is 2.76. The number of hydrogen-bond donors (Lipinski definition) is 3. The summed E-state index contributed by atoms with van der Waals surface area (Å²) in [5.74, 6) is -1.71. The van der Waals surface area contributed by atoms with Crippen molar-refractivity contribution in [3.05, 3.63) is 33.9 Å². The van der Waals surface area contributed by atoms with Crippen molar-refractivity contribution in [2.75, 3.05) is 11.9 Å². The van der Waals surface area contributed by atoms with E-state index in [-0.39, 0.29) is 11.6 Å². The van der Waals surface area contributed by atoms with E-state index in [4.69, 9.17) is 5.11 Å². The molecular formula is C13H17N3O5. The van der Waals surface area contributed by atoms with Crippen molar-refractivity contribution < 1.29 is 19.6 Å². The van der Waals surface area contributed by atoms with Gasteiger partial charge in [-0.25, -0.2) is 4.79 Å². The lowest BCUT2D eigenvalue weighted by Gasteiger charge is -2.15. The molecule has 1 aromatic carbocycles. The Kier molecular flexibility index (Phi) is 5.65. The van der Waals surface area contributed by atoms with E-state index < -0.39 is 28.2 Å². The molecule has 1 amide bonds. The van der Waals surface area contributed by atoms with E-state index in [9.17, 15) is 19.7 Å². The largest absolute Gasteiger partial charge is 0.477 e. The topological polar surface area (TPSA) is 122 Å². The van der Waals surface area contributed by atoms with Gasteiger partial charge in [-0.05, 0) is 25.5 Å². The number of benzene rings is 1. The van der Waals surface area contributed by atoms with Crippen molar-refractivity contribution >= 4 is 23.3 Å². The zero-order valence-corrected chi connectivity index (χ0v) is 11.8. The number of nitrogens with one attached hydrogen (secondary N) is 2. The van der Waals surface area contributed by atoms with Crippen molar-refractivity contribution in [2.45, 2.75) is 26.3 Å². The van der Waals surface area contributed by atoms with Crippen molar-refractivity contribution in [1.29, 1.82) is 0 Å². The van der Waals surface area contributed by atoms with Gasteiger partial charge in [0.05, 0.1) is 4.92 Å². The van der Waals surface area contributed by atoms with Gasteiger partial charge in [-0.15, -0.1) is 0 Å². The maximum absolute atomic E-state index is 11.7. The average Bonchev–Trinajstić information content (AvgIpc) is 2.43. The molecular weight excluding hydrogens is 278 g/mol. The number of nitrogens with zero attached hydrogens (tertiary/aromatic N) is 1. The summed E-state index contributed by atoms with van der Waals surface area (Å²) < 4.78 is 0. The number of anilines is 1. The number of hydrogen-bond acceptors (Lipinski definition) is 5. The number of nitro groups is 1. The Morgan fingerprint density at radius 3 is 2.62 bits per heavy atom. The molecule has 0 radical (unpaired) electrons. The molecule has 3 N–H and O–H groups in total. The zero-order valence-electron chi connectivity index (χ0n) is 11.8. The number of nitro benzene ring substituents is 1. The Hall–Kier alpha value is -2.64. The third kappa shape index (κ3) is 4.16. The van der Waals surface area contributed by atoms with Crippen LogP contribution in [0, 0.1) is 10.1 Å². The van der Waals surface area contributed by atoms with Gasteiger partial charge in [-0.1, -0.05) is 13.0 Å². The zero-order chi connectivity index (χ0) is 16.0. The summed E-state index contributed by atoms with van der Waals surface area (Å²) in [5.41, 5.74) is -0.981. The summed E-state index contributed by atoms with van der Waals surface area (Å²) in [7, 11) is 0. The molecule has 0 saturated heterocycles. The standard InChI is InChI=1S/C13H17N3O5/c1-3-7-14-12(17)8(2)15-10-6-4-5-9(13(18)19)11(10)16(20)21/h4-6,8,15H,3,7H2,1-2H3,(H,14,17)(H,18,19). The highest BCUT2D eigenvalue weighted by Gasteiger charge is 2.25. The van der Waals surface area contributed by atoms with Crippen LogP contribution in [-0.4, -0.2) is 34.5 Å². The number of aromatic carboxylic acids is 1. The molecule has 1 rings (SSSR count). The van der Waals surface area contributed by atoms with Gasteiger partial charge in [0.2, 0.25) is 5.91 Å². The van der Waals surface area contributed by atoms with Crippen LogP contribution in [0.25, 0.3) is 0 Å². The van der Waals surface area contributed by atoms with Gasteiger partial charge >= 0.3 is 11.7 Å². The molecule has 0 bridgehead atoms. The highest BCUT2D eigenvalue weighted by atomic mass is 16.6. The first-order valence-corrected chi connectivity index (χ1v) is 6.43. The number of rotatable bonds is 7. The Bertz CT molecular complexity index is 559. The van der Waals surface area contributed by atoms with E-state index in [1.807, 2.05) is 6.92 Å². The number of carboxylic acids is 1. The minimum Gasteiger partial charge on any atom is -0.477 e. The quantitative estimate of drug-likeness (QED) is 0.519. The van der Waals surface area contributed by atoms with Crippen molar-refractivity contribution in [2.24, 2.45) is 0 Å². The Balaban J connectivity index is 3.03. The number of carboxylic acid groups (broad SMARTS) is 1. The molecule has 0 saturated carbocycles. The van der Waals surface area contributed by atoms with E-state index in [1.165, 1.54) is 12.1 Å². The number of carbonyl (C=O) groups is 2. The molecule has 0 aliphatic carbocycles. The lowest BCUT2D eigenvalue weighted by molar-refractivity contribution is -0.384. The second kappa shape index (κ2) is 7.22. The summed E-state index contributed by atoms with van der Waals surface area (Å²) in [6.07, 6.45) is 0.771. The van der Waals surface area contributed by atoms with Gasteiger partial charge in [-0.3, -0.25) is 14.9 Å². The van der Waals surface area contributed by atoms with Gasteiger partial charge in [0.15, 0.2) is 0 Å². The Labute approximate surface area is 121 Å². The van der Waals surface area contributed by atoms with Crippen molar-refractivity contribution in [1.82, 2.24) is 5.32 Å². The van der Waals surface area contributed by atoms with Crippen LogP contribution in [0.15, 0.2) is 18.2 Å². The van der Waals surface area contributed by atoms with Crippen LogP contribution in [-0.2, 0) is 4.79 Å². The van der Waals surface area contributed by atoms with Gasteiger partial charge in [0, 0.05) is 6.54 Å². The maximum atomic E-state index is 11.7. The van der Waals surface area contributed by atoms with Crippen LogP contribution in [0.4, 0.5) is 11.4 Å². The number of carbonyl (C=O) groups excluding carboxylic acids is 1. The Morgan fingerprint density at radius 1 is 1.43 bits per heavy atom. The predicted octanol–water partition coefficient (Wildman–Crippen LogP) is 1.62. The smallest absolute Gasteiger partial charge is 0.342 e. The van der Waals surface area contributed by atoms with Gasteiger partial charge < -0.3 is 15.7 Å². The van der Waals surface area contributed by atoms with Crippen LogP contribution in [0.2, 0.25) is 0 Å². The lowest BCUT2D eigenvalue weighted by atomic mass is 10.1. The molecule has 0 aliphatic rings. The number of amides is 1. The molecule has 1 unspecified atom stereocenters. The minimum atomic E-state index is -1.39. The van der Waals surface area contributed by atoms with E-state index in [2.05, 4.69) is 10.6 Å². The van der Waals surface area contributed by atoms with E-state index in [1.54, 1.807) is 6.92 Å². The fourth-order valence-corrected chi connectivity index (χ4v) is 1.73. The molecule has 21 heavy (non-hydrogen) atoms. The van der Waals surface area contributed by atoms with Crippen LogP contribution < -0.4 is 10.6 Å². The minimum absolute atomic E-state index is 0.000881. The second-order valence-electron chi connectivity index (χ2n) is 4.42.